The normalized spacial score (nSPS) is 11.5. The fourth-order valence-electron chi connectivity index (χ4n) is 0.915. The first kappa shape index (κ1) is 12.1. The molecule has 4 N–H and O–H groups in total. The van der Waals surface area contributed by atoms with Crippen molar-refractivity contribution in [3.8, 4) is 0 Å². The molecule has 12 heavy (non-hydrogen) atoms. The maximum absolute atomic E-state index is 5.44. The molecule has 0 saturated heterocycles. The van der Waals surface area contributed by atoms with E-state index in [1.807, 2.05) is 13.8 Å². The summed E-state index contributed by atoms with van der Waals surface area (Å²) in [6.45, 7) is 5.39. The third-order valence-electron chi connectivity index (χ3n) is 1.44. The van der Waals surface area contributed by atoms with Gasteiger partial charge in [-0.2, -0.15) is 0 Å². The first-order valence-corrected chi connectivity index (χ1v) is 6.21. The lowest BCUT2D eigenvalue weighted by molar-refractivity contribution is 0.212. The second-order valence-corrected chi connectivity index (χ2v) is 4.68. The van der Waals surface area contributed by atoms with Crippen molar-refractivity contribution in [2.75, 3.05) is 13.2 Å². The average molecular weight is 192 g/mol. The summed E-state index contributed by atoms with van der Waals surface area (Å²) in [4.78, 5) is 0. The van der Waals surface area contributed by atoms with Crippen LogP contribution in [-0.4, -0.2) is 28.7 Å². The van der Waals surface area contributed by atoms with Gasteiger partial charge in [0.15, 0.2) is 0 Å². The third-order valence-corrected chi connectivity index (χ3v) is 3.66. The van der Waals surface area contributed by atoms with E-state index >= 15 is 0 Å². The Bertz CT molecular complexity index is 97.4. The summed E-state index contributed by atoms with van der Waals surface area (Å²) in [7, 11) is -1.45. The van der Waals surface area contributed by atoms with Gasteiger partial charge in [0, 0.05) is 13.2 Å². The van der Waals surface area contributed by atoms with Crippen LogP contribution in [0, 0.1) is 0 Å². The molecule has 0 radical (unpaired) electrons. The van der Waals surface area contributed by atoms with Crippen LogP contribution in [-0.2, 0) is 8.85 Å². The molecule has 0 fully saturated rings. The monoisotopic (exact) mass is 192 g/mol. The molecule has 0 atom stereocenters. The first-order valence-electron chi connectivity index (χ1n) is 4.45. The van der Waals surface area contributed by atoms with Crippen LogP contribution in [0.2, 0.25) is 6.04 Å². The molecule has 0 aliphatic carbocycles. The van der Waals surface area contributed by atoms with E-state index in [1.54, 1.807) is 0 Å². The van der Waals surface area contributed by atoms with Crippen molar-refractivity contribution in [1.82, 2.24) is 0 Å². The van der Waals surface area contributed by atoms with Gasteiger partial charge in [-0.05, 0) is 26.3 Å². The molecule has 0 aromatic rings. The Kier molecular flexibility index (Phi) is 7.73. The predicted molar refractivity (Wildman–Crippen MR) is 52.0 cm³/mol. The highest BCUT2D eigenvalue weighted by atomic mass is 28.3. The Balaban J connectivity index is 3.48. The third kappa shape index (κ3) is 6.75. The van der Waals surface area contributed by atoms with Crippen LogP contribution in [0.4, 0.5) is 0 Å². The largest absolute Gasteiger partial charge is 0.397 e. The molecule has 0 saturated carbocycles. The van der Waals surface area contributed by atoms with Gasteiger partial charge in [-0.3, -0.25) is 0 Å². The summed E-state index contributed by atoms with van der Waals surface area (Å²) in [6.07, 6.45) is 0.553. The van der Waals surface area contributed by atoms with Crippen LogP contribution in [0.5, 0.6) is 0 Å². The highest BCUT2D eigenvalue weighted by molar-refractivity contribution is 6.44. The molecule has 0 bridgehead atoms. The van der Waals surface area contributed by atoms with Gasteiger partial charge in [0.05, 0.1) is 6.17 Å². The van der Waals surface area contributed by atoms with Crippen LogP contribution in [0.15, 0.2) is 0 Å². The van der Waals surface area contributed by atoms with E-state index in [-0.39, 0.29) is 6.17 Å². The summed E-state index contributed by atoms with van der Waals surface area (Å²) in [5, 5.41) is 0. The topological polar surface area (TPSA) is 70.5 Å². The van der Waals surface area contributed by atoms with Crippen LogP contribution in [0.3, 0.4) is 0 Å². The summed E-state index contributed by atoms with van der Waals surface area (Å²) < 4.78 is 10.9. The highest BCUT2D eigenvalue weighted by Gasteiger charge is 2.12. The Morgan fingerprint density at radius 1 is 1.17 bits per heavy atom. The Morgan fingerprint density at radius 3 is 2.00 bits per heavy atom. The maximum Gasteiger partial charge on any atom is 0.321 e. The van der Waals surface area contributed by atoms with Crippen LogP contribution >= 0.6 is 0 Å². The fourth-order valence-corrected chi connectivity index (χ4v) is 2.75. The lowest BCUT2D eigenvalue weighted by Gasteiger charge is -2.15. The van der Waals surface area contributed by atoms with Crippen molar-refractivity contribution in [3.63, 3.8) is 0 Å². The lowest BCUT2D eigenvalue weighted by Crippen LogP contribution is -2.33. The molecular formula is C7H20N2O2Si. The van der Waals surface area contributed by atoms with Crippen LogP contribution in [0.1, 0.15) is 20.3 Å². The summed E-state index contributed by atoms with van der Waals surface area (Å²) >= 11 is 0. The molecule has 0 aliphatic heterocycles. The number of rotatable bonds is 7. The van der Waals surface area contributed by atoms with E-state index in [4.69, 9.17) is 20.3 Å². The number of nitrogens with two attached hydrogens (primary N) is 2. The van der Waals surface area contributed by atoms with Gasteiger partial charge in [-0.1, -0.05) is 0 Å². The van der Waals surface area contributed by atoms with Gasteiger partial charge < -0.3 is 20.3 Å². The van der Waals surface area contributed by atoms with Crippen LogP contribution < -0.4 is 11.5 Å². The maximum atomic E-state index is 5.44. The van der Waals surface area contributed by atoms with Gasteiger partial charge in [0.1, 0.15) is 0 Å². The standard InChI is InChI=1S/C7H20N2O2Si/c1-3-10-12(11-4-2)6-5-7(8)9/h7,12H,3-6,8-9H2,1-2H3. The Hall–Kier alpha value is 0.0569. The zero-order valence-electron chi connectivity index (χ0n) is 7.95. The van der Waals surface area contributed by atoms with E-state index in [9.17, 15) is 0 Å². The number of hydrogen-bond donors (Lipinski definition) is 2. The van der Waals surface area contributed by atoms with E-state index in [0.29, 0.717) is 0 Å². The Labute approximate surface area is 76.1 Å². The van der Waals surface area contributed by atoms with Crippen molar-refractivity contribution in [3.05, 3.63) is 0 Å². The van der Waals surface area contributed by atoms with E-state index < -0.39 is 9.28 Å². The zero-order valence-corrected chi connectivity index (χ0v) is 9.11. The van der Waals surface area contributed by atoms with Gasteiger partial charge in [0.2, 0.25) is 0 Å². The molecule has 0 amide bonds. The molecule has 0 unspecified atom stereocenters. The van der Waals surface area contributed by atoms with Crippen molar-refractivity contribution in [2.45, 2.75) is 32.5 Å². The predicted octanol–water partition coefficient (Wildman–Crippen LogP) is -0.0865. The van der Waals surface area contributed by atoms with Gasteiger partial charge in [-0.15, -0.1) is 0 Å². The first-order chi connectivity index (χ1) is 5.70. The van der Waals surface area contributed by atoms with E-state index in [2.05, 4.69) is 0 Å². The van der Waals surface area contributed by atoms with E-state index in [0.717, 1.165) is 25.7 Å². The summed E-state index contributed by atoms with van der Waals surface area (Å²) in [5.74, 6) is 0. The SMILES string of the molecule is CCO[SiH](CCC(N)N)OCC. The molecule has 0 spiro atoms. The molecule has 4 nitrogen and oxygen atoms in total. The number of hydrogen-bond acceptors (Lipinski definition) is 4. The highest BCUT2D eigenvalue weighted by Crippen LogP contribution is 2.01. The summed E-state index contributed by atoms with van der Waals surface area (Å²) in [5.41, 5.74) is 10.8. The smallest absolute Gasteiger partial charge is 0.321 e. The van der Waals surface area contributed by atoms with Crippen molar-refractivity contribution < 1.29 is 8.85 Å². The second-order valence-electron chi connectivity index (χ2n) is 2.58. The van der Waals surface area contributed by atoms with E-state index in [1.165, 1.54) is 0 Å². The fraction of sp³-hybridized carbons (Fsp3) is 1.00. The average Bonchev–Trinajstić information content (AvgIpc) is 2.01. The van der Waals surface area contributed by atoms with Crippen molar-refractivity contribution in [1.29, 1.82) is 0 Å². The quantitative estimate of drug-likeness (QED) is 0.437. The van der Waals surface area contributed by atoms with Crippen LogP contribution in [0.25, 0.3) is 0 Å². The van der Waals surface area contributed by atoms with Crippen molar-refractivity contribution >= 4 is 9.28 Å². The van der Waals surface area contributed by atoms with Crippen molar-refractivity contribution in [2.24, 2.45) is 11.5 Å². The van der Waals surface area contributed by atoms with Gasteiger partial charge in [-0.25, -0.2) is 0 Å². The molecule has 0 aromatic heterocycles. The van der Waals surface area contributed by atoms with Gasteiger partial charge >= 0.3 is 9.28 Å². The Morgan fingerprint density at radius 2 is 1.67 bits per heavy atom. The minimum atomic E-state index is -1.45. The van der Waals surface area contributed by atoms with Gasteiger partial charge in [0.25, 0.3) is 0 Å². The molecule has 0 aliphatic rings. The summed E-state index contributed by atoms with van der Waals surface area (Å²) in [6, 6.07) is 0.902. The molecule has 5 heteroatoms. The molecule has 0 rings (SSSR count). The molecule has 0 aromatic carbocycles. The lowest BCUT2D eigenvalue weighted by atomic mass is 10.4. The molecule has 74 valence electrons. The second kappa shape index (κ2) is 7.69. The zero-order chi connectivity index (χ0) is 9.40. The minimum Gasteiger partial charge on any atom is -0.397 e. The molecular weight excluding hydrogens is 172 g/mol. The minimum absolute atomic E-state index is 0.235. The molecule has 0 heterocycles.